The summed E-state index contributed by atoms with van der Waals surface area (Å²) in [6.45, 7) is 3.54. The molecule has 2 aliphatic rings. The Kier molecular flexibility index (Phi) is 4.23. The minimum Gasteiger partial charge on any atom is -0.296 e. The van der Waals surface area contributed by atoms with E-state index in [4.69, 9.17) is 0 Å². The van der Waals surface area contributed by atoms with Gasteiger partial charge in [-0.15, -0.1) is 0 Å². The first-order valence-electron chi connectivity index (χ1n) is 7.02. The van der Waals surface area contributed by atoms with Gasteiger partial charge in [-0.05, 0) is 38.6 Å². The van der Waals surface area contributed by atoms with Gasteiger partial charge in [0.25, 0.3) is 0 Å². The average molecular weight is 220 g/mol. The van der Waals surface area contributed by atoms with Gasteiger partial charge < -0.3 is 0 Å². The molecular weight excluding hydrogens is 196 g/mol. The van der Waals surface area contributed by atoms with E-state index in [9.17, 15) is 5.26 Å². The van der Waals surface area contributed by atoms with Crippen LogP contribution in [0, 0.1) is 17.2 Å². The van der Waals surface area contributed by atoms with Crippen LogP contribution in [0.5, 0.6) is 0 Å². The van der Waals surface area contributed by atoms with Crippen LogP contribution >= 0.6 is 0 Å². The fourth-order valence-electron chi connectivity index (χ4n) is 3.56. The van der Waals surface area contributed by atoms with E-state index in [1.165, 1.54) is 51.5 Å². The van der Waals surface area contributed by atoms with E-state index in [-0.39, 0.29) is 0 Å². The SMILES string of the molecule is CCC1CCCCN1C1CCCCC1C#N. The van der Waals surface area contributed by atoms with Crippen molar-refractivity contribution in [3.63, 3.8) is 0 Å². The highest BCUT2D eigenvalue weighted by Gasteiger charge is 2.34. The van der Waals surface area contributed by atoms with Gasteiger partial charge in [-0.2, -0.15) is 5.26 Å². The normalized spacial score (nSPS) is 36.9. The van der Waals surface area contributed by atoms with Crippen LogP contribution in [-0.4, -0.2) is 23.5 Å². The molecule has 1 saturated carbocycles. The molecule has 0 aromatic heterocycles. The Balaban J connectivity index is 2.05. The summed E-state index contributed by atoms with van der Waals surface area (Å²) in [5.74, 6) is 0.306. The highest BCUT2D eigenvalue weighted by atomic mass is 15.2. The molecular formula is C14H24N2. The Hall–Kier alpha value is -0.550. The molecule has 2 rings (SSSR count). The van der Waals surface area contributed by atoms with Crippen molar-refractivity contribution >= 4 is 0 Å². The van der Waals surface area contributed by atoms with Crippen molar-refractivity contribution in [2.75, 3.05) is 6.54 Å². The summed E-state index contributed by atoms with van der Waals surface area (Å²) in [5.41, 5.74) is 0. The molecule has 0 radical (unpaired) electrons. The van der Waals surface area contributed by atoms with Crippen LogP contribution < -0.4 is 0 Å². The zero-order chi connectivity index (χ0) is 11.4. The highest BCUT2D eigenvalue weighted by Crippen LogP contribution is 2.33. The molecule has 0 aromatic rings. The summed E-state index contributed by atoms with van der Waals surface area (Å²) in [7, 11) is 0. The number of likely N-dealkylation sites (tertiary alicyclic amines) is 1. The Morgan fingerprint density at radius 3 is 2.62 bits per heavy atom. The average Bonchev–Trinajstić information content (AvgIpc) is 2.38. The van der Waals surface area contributed by atoms with Crippen molar-refractivity contribution in [1.29, 1.82) is 5.26 Å². The molecule has 2 nitrogen and oxygen atoms in total. The Morgan fingerprint density at radius 1 is 1.12 bits per heavy atom. The molecule has 3 unspecified atom stereocenters. The van der Waals surface area contributed by atoms with Crippen LogP contribution in [0.1, 0.15) is 58.3 Å². The van der Waals surface area contributed by atoms with E-state index in [2.05, 4.69) is 17.9 Å². The highest BCUT2D eigenvalue weighted by molar-refractivity contribution is 4.97. The van der Waals surface area contributed by atoms with Crippen molar-refractivity contribution in [3.05, 3.63) is 0 Å². The van der Waals surface area contributed by atoms with Crippen LogP contribution in [0.15, 0.2) is 0 Å². The van der Waals surface area contributed by atoms with Gasteiger partial charge >= 0.3 is 0 Å². The molecule has 2 fully saturated rings. The largest absolute Gasteiger partial charge is 0.296 e. The quantitative estimate of drug-likeness (QED) is 0.713. The third-order valence-electron chi connectivity index (χ3n) is 4.47. The maximum atomic E-state index is 9.27. The Labute approximate surface area is 99.6 Å². The van der Waals surface area contributed by atoms with E-state index < -0.39 is 0 Å². The molecule has 1 heterocycles. The Bertz CT molecular complexity index is 256. The second-order valence-electron chi connectivity index (χ2n) is 5.38. The summed E-state index contributed by atoms with van der Waals surface area (Å²) in [6, 6.07) is 3.88. The smallest absolute Gasteiger partial charge is 0.0672 e. The maximum absolute atomic E-state index is 9.27. The second kappa shape index (κ2) is 5.68. The molecule has 90 valence electrons. The zero-order valence-electron chi connectivity index (χ0n) is 10.5. The van der Waals surface area contributed by atoms with Gasteiger partial charge in [-0.1, -0.05) is 26.2 Å². The third-order valence-corrected chi connectivity index (χ3v) is 4.47. The first-order chi connectivity index (χ1) is 7.86. The fraction of sp³-hybridized carbons (Fsp3) is 0.929. The molecule has 0 spiro atoms. The van der Waals surface area contributed by atoms with Crippen LogP contribution in [0.3, 0.4) is 0 Å². The molecule has 0 bridgehead atoms. The van der Waals surface area contributed by atoms with E-state index in [0.717, 1.165) is 12.5 Å². The predicted molar refractivity (Wildman–Crippen MR) is 66.0 cm³/mol. The van der Waals surface area contributed by atoms with E-state index in [1.54, 1.807) is 0 Å². The van der Waals surface area contributed by atoms with Gasteiger partial charge in [0, 0.05) is 12.1 Å². The molecule has 0 amide bonds. The summed E-state index contributed by atoms with van der Waals surface area (Å²) in [5, 5.41) is 9.27. The van der Waals surface area contributed by atoms with Gasteiger partial charge in [-0.25, -0.2) is 0 Å². The summed E-state index contributed by atoms with van der Waals surface area (Å²) >= 11 is 0. The topological polar surface area (TPSA) is 27.0 Å². The van der Waals surface area contributed by atoms with Gasteiger partial charge in [0.2, 0.25) is 0 Å². The van der Waals surface area contributed by atoms with E-state index in [1.807, 2.05) is 0 Å². The lowest BCUT2D eigenvalue weighted by Crippen LogP contribution is -2.50. The van der Waals surface area contributed by atoms with Gasteiger partial charge in [0.15, 0.2) is 0 Å². The van der Waals surface area contributed by atoms with Gasteiger partial charge in [0.1, 0.15) is 0 Å². The number of nitrogens with zero attached hydrogens (tertiary/aromatic N) is 2. The lowest BCUT2D eigenvalue weighted by molar-refractivity contribution is 0.0518. The van der Waals surface area contributed by atoms with Crippen LogP contribution in [0.4, 0.5) is 0 Å². The Morgan fingerprint density at radius 2 is 1.88 bits per heavy atom. The minimum atomic E-state index is 0.306. The number of nitriles is 1. The second-order valence-corrected chi connectivity index (χ2v) is 5.38. The number of piperidine rings is 1. The molecule has 2 heteroatoms. The number of rotatable bonds is 2. The van der Waals surface area contributed by atoms with Crippen LogP contribution in [0.2, 0.25) is 0 Å². The first-order valence-corrected chi connectivity index (χ1v) is 7.02. The molecule has 0 aromatic carbocycles. The van der Waals surface area contributed by atoms with Crippen LogP contribution in [0.25, 0.3) is 0 Å². The lowest BCUT2D eigenvalue weighted by atomic mass is 9.82. The fourth-order valence-corrected chi connectivity index (χ4v) is 3.56. The molecule has 3 atom stereocenters. The molecule has 1 aliphatic heterocycles. The van der Waals surface area contributed by atoms with Gasteiger partial charge in [0.05, 0.1) is 12.0 Å². The standard InChI is InChI=1S/C14H24N2/c1-2-13-8-5-6-10-16(13)14-9-4-3-7-12(14)11-15/h12-14H,2-10H2,1H3. The molecule has 1 saturated heterocycles. The monoisotopic (exact) mass is 220 g/mol. The van der Waals surface area contributed by atoms with E-state index >= 15 is 0 Å². The zero-order valence-corrected chi connectivity index (χ0v) is 10.5. The third kappa shape index (κ3) is 2.40. The van der Waals surface area contributed by atoms with Crippen LogP contribution in [-0.2, 0) is 0 Å². The molecule has 0 N–H and O–H groups in total. The molecule has 1 aliphatic carbocycles. The number of hydrogen-bond acceptors (Lipinski definition) is 2. The van der Waals surface area contributed by atoms with Crippen molar-refractivity contribution in [2.45, 2.75) is 70.4 Å². The van der Waals surface area contributed by atoms with Crippen molar-refractivity contribution in [3.8, 4) is 6.07 Å². The maximum Gasteiger partial charge on any atom is 0.0672 e. The van der Waals surface area contributed by atoms with Crippen molar-refractivity contribution in [1.82, 2.24) is 4.90 Å². The molecule has 16 heavy (non-hydrogen) atoms. The summed E-state index contributed by atoms with van der Waals surface area (Å²) in [6.07, 6.45) is 10.3. The van der Waals surface area contributed by atoms with E-state index in [0.29, 0.717) is 12.0 Å². The summed E-state index contributed by atoms with van der Waals surface area (Å²) in [4.78, 5) is 2.68. The first kappa shape index (κ1) is 11.9. The number of hydrogen-bond donors (Lipinski definition) is 0. The van der Waals surface area contributed by atoms with Gasteiger partial charge in [-0.3, -0.25) is 4.90 Å². The predicted octanol–water partition coefficient (Wildman–Crippen LogP) is 3.33. The lowest BCUT2D eigenvalue weighted by Gasteiger charge is -2.44. The minimum absolute atomic E-state index is 0.306. The van der Waals surface area contributed by atoms with Crippen molar-refractivity contribution < 1.29 is 0 Å². The summed E-state index contributed by atoms with van der Waals surface area (Å²) < 4.78 is 0. The van der Waals surface area contributed by atoms with Crippen molar-refractivity contribution in [2.24, 2.45) is 5.92 Å².